The van der Waals surface area contributed by atoms with Gasteiger partial charge in [0, 0.05) is 49.2 Å². The van der Waals surface area contributed by atoms with Gasteiger partial charge in [-0.1, -0.05) is 32.0 Å². The smallest absolute Gasteiger partial charge is 0.131 e. The summed E-state index contributed by atoms with van der Waals surface area (Å²) < 4.78 is 0. The van der Waals surface area contributed by atoms with E-state index in [0.29, 0.717) is 12.5 Å². The van der Waals surface area contributed by atoms with Crippen LogP contribution in [0.3, 0.4) is 0 Å². The Balaban J connectivity index is 1.46. The molecule has 0 spiro atoms. The molecule has 5 heteroatoms. The van der Waals surface area contributed by atoms with E-state index < -0.39 is 0 Å². The molecule has 0 bridgehead atoms. The molecule has 4 rings (SSSR count). The molecular formula is C22H26N4O. The van der Waals surface area contributed by atoms with Gasteiger partial charge in [-0.2, -0.15) is 0 Å². The van der Waals surface area contributed by atoms with Crippen LogP contribution in [0.4, 0.5) is 0 Å². The minimum Gasteiger partial charge on any atom is -0.391 e. The highest BCUT2D eigenvalue weighted by Gasteiger charge is 2.31. The summed E-state index contributed by atoms with van der Waals surface area (Å²) in [6, 6.07) is 12.3. The van der Waals surface area contributed by atoms with Crippen LogP contribution in [0.1, 0.15) is 36.8 Å². The Morgan fingerprint density at radius 2 is 1.89 bits per heavy atom. The topological polar surface area (TPSA) is 62.1 Å². The van der Waals surface area contributed by atoms with Crippen molar-refractivity contribution in [2.75, 3.05) is 13.1 Å². The maximum absolute atomic E-state index is 10.6. The van der Waals surface area contributed by atoms with Crippen LogP contribution in [-0.4, -0.2) is 44.2 Å². The largest absolute Gasteiger partial charge is 0.391 e. The Morgan fingerprint density at radius 1 is 1.07 bits per heavy atom. The molecule has 0 aliphatic carbocycles. The zero-order valence-corrected chi connectivity index (χ0v) is 15.9. The number of aromatic nitrogens is 3. The summed E-state index contributed by atoms with van der Waals surface area (Å²) in [4.78, 5) is 15.7. The predicted molar refractivity (Wildman–Crippen MR) is 106 cm³/mol. The molecular weight excluding hydrogens is 336 g/mol. The molecule has 3 heterocycles. The Morgan fingerprint density at radius 3 is 2.74 bits per heavy atom. The molecule has 2 atom stereocenters. The number of likely N-dealkylation sites (tertiary alicyclic amines) is 1. The Labute approximate surface area is 160 Å². The lowest BCUT2D eigenvalue weighted by Gasteiger charge is -2.16. The van der Waals surface area contributed by atoms with Crippen molar-refractivity contribution >= 4 is 10.9 Å². The van der Waals surface area contributed by atoms with E-state index in [1.165, 1.54) is 10.9 Å². The Hall–Kier alpha value is -2.37. The van der Waals surface area contributed by atoms with Crippen molar-refractivity contribution in [1.29, 1.82) is 0 Å². The lowest BCUT2D eigenvalue weighted by Crippen LogP contribution is -2.22. The number of benzene rings is 1. The minimum atomic E-state index is -0.316. The molecule has 0 radical (unpaired) electrons. The van der Waals surface area contributed by atoms with Gasteiger partial charge in [0.25, 0.3) is 0 Å². The summed E-state index contributed by atoms with van der Waals surface area (Å²) in [6.07, 6.45) is 4.25. The number of fused-ring (bicyclic) bond motifs is 1. The van der Waals surface area contributed by atoms with Crippen molar-refractivity contribution in [3.63, 3.8) is 0 Å². The van der Waals surface area contributed by atoms with Gasteiger partial charge in [0.2, 0.25) is 0 Å². The van der Waals surface area contributed by atoms with Crippen molar-refractivity contribution in [2.24, 2.45) is 5.92 Å². The zero-order valence-electron chi connectivity index (χ0n) is 15.9. The van der Waals surface area contributed by atoms with Gasteiger partial charge in [0.05, 0.1) is 17.3 Å². The summed E-state index contributed by atoms with van der Waals surface area (Å²) in [5, 5.41) is 11.8. The van der Waals surface area contributed by atoms with Gasteiger partial charge in [0.1, 0.15) is 5.82 Å². The Bertz CT molecular complexity index is 922. The van der Waals surface area contributed by atoms with Gasteiger partial charge >= 0.3 is 0 Å². The maximum atomic E-state index is 10.6. The summed E-state index contributed by atoms with van der Waals surface area (Å²) in [6.45, 7) is 6.53. The van der Waals surface area contributed by atoms with E-state index in [1.54, 1.807) is 0 Å². The van der Waals surface area contributed by atoms with Crippen LogP contribution in [-0.2, 0) is 13.0 Å². The highest BCUT2D eigenvalue weighted by atomic mass is 16.3. The highest BCUT2D eigenvalue weighted by molar-refractivity contribution is 5.81. The summed E-state index contributed by atoms with van der Waals surface area (Å²) in [5.74, 6) is 1.43. The van der Waals surface area contributed by atoms with Crippen molar-refractivity contribution < 1.29 is 5.11 Å². The van der Waals surface area contributed by atoms with E-state index in [-0.39, 0.29) is 12.0 Å². The van der Waals surface area contributed by atoms with Crippen LogP contribution >= 0.6 is 0 Å². The molecule has 1 aliphatic rings. The first-order chi connectivity index (χ1) is 13.1. The van der Waals surface area contributed by atoms with Crippen molar-refractivity contribution in [3.8, 4) is 0 Å². The standard InChI is InChI=1S/C22H26N4O/c1-15(2)22-24-10-8-18(25-22)13-26-12-17(21(27)14-26)11-16-7-9-23-20-6-4-3-5-19(16)20/h3-10,15,17,21,27H,11-14H2,1-2H3/t17-,21-/m1/s1. The van der Waals surface area contributed by atoms with Crippen LogP contribution in [0, 0.1) is 5.92 Å². The SMILES string of the molecule is CC(C)c1nccc(CN2C[C@@H](Cc3ccnc4ccccc34)[C@H](O)C2)n1. The Kier molecular flexibility index (Phi) is 5.14. The number of aliphatic hydroxyl groups is 1. The summed E-state index contributed by atoms with van der Waals surface area (Å²) in [5.41, 5.74) is 3.30. The van der Waals surface area contributed by atoms with Crippen molar-refractivity contribution in [1.82, 2.24) is 19.9 Å². The molecule has 2 aromatic heterocycles. The summed E-state index contributed by atoms with van der Waals surface area (Å²) in [7, 11) is 0. The quantitative estimate of drug-likeness (QED) is 0.755. The molecule has 1 N–H and O–H groups in total. The monoisotopic (exact) mass is 362 g/mol. The first-order valence-electron chi connectivity index (χ1n) is 9.65. The zero-order chi connectivity index (χ0) is 18.8. The second-order valence-electron chi connectivity index (χ2n) is 7.77. The molecule has 1 aromatic carbocycles. The number of aliphatic hydroxyl groups excluding tert-OH is 1. The van der Waals surface area contributed by atoms with E-state index in [1.807, 2.05) is 36.7 Å². The first-order valence-corrected chi connectivity index (χ1v) is 9.65. The lowest BCUT2D eigenvalue weighted by molar-refractivity contribution is 0.141. The van der Waals surface area contributed by atoms with Gasteiger partial charge in [-0.05, 0) is 30.2 Å². The van der Waals surface area contributed by atoms with Gasteiger partial charge < -0.3 is 5.11 Å². The summed E-state index contributed by atoms with van der Waals surface area (Å²) >= 11 is 0. The molecule has 1 fully saturated rings. The van der Waals surface area contributed by atoms with E-state index in [4.69, 9.17) is 0 Å². The normalized spacial score (nSPS) is 20.6. The molecule has 0 unspecified atom stereocenters. The third-order valence-electron chi connectivity index (χ3n) is 5.34. The first kappa shape index (κ1) is 18.0. The average Bonchev–Trinajstić information content (AvgIpc) is 3.01. The second-order valence-corrected chi connectivity index (χ2v) is 7.77. The number of hydrogen-bond donors (Lipinski definition) is 1. The second kappa shape index (κ2) is 7.71. The van der Waals surface area contributed by atoms with Crippen LogP contribution in [0.2, 0.25) is 0 Å². The molecule has 5 nitrogen and oxygen atoms in total. The number of pyridine rings is 1. The molecule has 0 saturated carbocycles. The third kappa shape index (κ3) is 3.99. The van der Waals surface area contributed by atoms with Gasteiger partial charge in [-0.3, -0.25) is 9.88 Å². The van der Waals surface area contributed by atoms with E-state index in [0.717, 1.165) is 36.5 Å². The minimum absolute atomic E-state index is 0.224. The molecule has 1 saturated heterocycles. The van der Waals surface area contributed by atoms with Crippen LogP contribution < -0.4 is 0 Å². The molecule has 1 aliphatic heterocycles. The maximum Gasteiger partial charge on any atom is 0.131 e. The molecule has 0 amide bonds. The predicted octanol–water partition coefficient (Wildman–Crippen LogP) is 3.18. The lowest BCUT2D eigenvalue weighted by atomic mass is 9.94. The van der Waals surface area contributed by atoms with Gasteiger partial charge in [-0.15, -0.1) is 0 Å². The number of para-hydroxylation sites is 1. The van der Waals surface area contributed by atoms with Crippen molar-refractivity contribution in [3.05, 3.63) is 65.9 Å². The van der Waals surface area contributed by atoms with Gasteiger partial charge in [0.15, 0.2) is 0 Å². The van der Waals surface area contributed by atoms with Crippen molar-refractivity contribution in [2.45, 2.75) is 38.8 Å². The highest BCUT2D eigenvalue weighted by Crippen LogP contribution is 2.26. The number of hydrogen-bond acceptors (Lipinski definition) is 5. The van der Waals surface area contributed by atoms with Crippen LogP contribution in [0.25, 0.3) is 10.9 Å². The fourth-order valence-electron chi connectivity index (χ4n) is 3.89. The number of β-amino-alcohol motifs (C(OH)–C–C–N with tert-alkyl or cyclic N) is 1. The van der Waals surface area contributed by atoms with E-state index >= 15 is 0 Å². The third-order valence-corrected chi connectivity index (χ3v) is 5.34. The van der Waals surface area contributed by atoms with E-state index in [2.05, 4.69) is 45.8 Å². The molecule has 3 aromatic rings. The van der Waals surface area contributed by atoms with Gasteiger partial charge in [-0.25, -0.2) is 9.97 Å². The number of rotatable bonds is 5. The molecule has 140 valence electrons. The fraction of sp³-hybridized carbons (Fsp3) is 0.409. The number of nitrogens with zero attached hydrogens (tertiary/aromatic N) is 4. The van der Waals surface area contributed by atoms with Crippen LogP contribution in [0.5, 0.6) is 0 Å². The fourth-order valence-corrected chi connectivity index (χ4v) is 3.89. The average molecular weight is 362 g/mol. The molecule has 27 heavy (non-hydrogen) atoms. The van der Waals surface area contributed by atoms with E-state index in [9.17, 15) is 5.11 Å². The van der Waals surface area contributed by atoms with Crippen LogP contribution in [0.15, 0.2) is 48.8 Å².